The van der Waals surface area contributed by atoms with Gasteiger partial charge in [0.05, 0.1) is 0 Å². The Bertz CT molecular complexity index is 287. The summed E-state index contributed by atoms with van der Waals surface area (Å²) >= 11 is 5.28. The van der Waals surface area contributed by atoms with Crippen molar-refractivity contribution in [1.29, 1.82) is 0 Å². The Labute approximate surface area is 140 Å². The van der Waals surface area contributed by atoms with E-state index in [1.54, 1.807) is 0 Å². The van der Waals surface area contributed by atoms with Crippen LogP contribution >= 0.6 is 0 Å². The van der Waals surface area contributed by atoms with E-state index < -0.39 is 0 Å². The molecule has 2 nitrogen and oxygen atoms in total. The van der Waals surface area contributed by atoms with Gasteiger partial charge < -0.3 is 9.80 Å². The summed E-state index contributed by atoms with van der Waals surface area (Å²) in [4.78, 5) is 5.18. The first-order valence-electron chi connectivity index (χ1n) is 8.68. The van der Waals surface area contributed by atoms with Crippen LogP contribution in [0.1, 0.15) is 46.0 Å². The molecule has 1 aliphatic rings. The van der Waals surface area contributed by atoms with Gasteiger partial charge in [0.2, 0.25) is 0 Å². The molecule has 0 aromatic rings. The molecule has 1 unspecified atom stereocenters. The van der Waals surface area contributed by atoms with Crippen molar-refractivity contribution < 1.29 is 0 Å². The molecular formula is C17H36N2S2. The predicted molar refractivity (Wildman–Crippen MR) is 101 cm³/mol. The highest BCUT2D eigenvalue weighted by Crippen LogP contribution is 2.18. The number of likely N-dealkylation sites (tertiary alicyclic amines) is 1. The molecule has 0 amide bonds. The number of unbranched alkanes of at least 4 members (excludes halogenated alkanes) is 1. The van der Waals surface area contributed by atoms with Gasteiger partial charge in [-0.2, -0.15) is 0 Å². The summed E-state index contributed by atoms with van der Waals surface area (Å²) in [6.07, 6.45) is 9.13. The molecule has 1 fully saturated rings. The summed E-state index contributed by atoms with van der Waals surface area (Å²) in [5, 5.41) is 0. The maximum absolute atomic E-state index is 5.28. The van der Waals surface area contributed by atoms with Crippen molar-refractivity contribution in [1.82, 2.24) is 9.80 Å². The zero-order chi connectivity index (χ0) is 15.7. The van der Waals surface area contributed by atoms with Crippen molar-refractivity contribution in [3.05, 3.63) is 0 Å². The van der Waals surface area contributed by atoms with Crippen molar-refractivity contribution >= 4 is 20.6 Å². The lowest BCUT2D eigenvalue weighted by atomic mass is 9.96. The SMILES string of the molecule is CC(C)CCCCN1CCC(CN(C)CCS(C)=S)CC1. The van der Waals surface area contributed by atoms with Gasteiger partial charge in [-0.15, -0.1) is 9.45 Å². The van der Waals surface area contributed by atoms with Gasteiger partial charge in [-0.1, -0.05) is 37.9 Å². The number of piperidine rings is 1. The summed E-state index contributed by atoms with van der Waals surface area (Å²) in [7, 11) is 2.44. The molecule has 126 valence electrons. The van der Waals surface area contributed by atoms with E-state index in [1.807, 2.05) is 0 Å². The standard InChI is InChI=1S/C17H36N2S2/c1-16(2)7-5-6-10-19-11-8-17(9-12-19)15-18(3)13-14-21(4)20/h16-17H,5-15H2,1-4H3. The second kappa shape index (κ2) is 11.1. The third-order valence-electron chi connectivity index (χ3n) is 4.54. The number of hydrogen-bond acceptors (Lipinski definition) is 3. The van der Waals surface area contributed by atoms with Crippen LogP contribution in [0.15, 0.2) is 0 Å². The van der Waals surface area contributed by atoms with E-state index in [4.69, 9.17) is 11.2 Å². The predicted octanol–water partition coefficient (Wildman–Crippen LogP) is 3.17. The van der Waals surface area contributed by atoms with Gasteiger partial charge in [0.15, 0.2) is 0 Å². The first kappa shape index (κ1) is 19.5. The Balaban J connectivity index is 2.07. The Morgan fingerprint density at radius 2 is 1.90 bits per heavy atom. The lowest BCUT2D eigenvalue weighted by Gasteiger charge is -2.34. The Morgan fingerprint density at radius 1 is 1.24 bits per heavy atom. The summed E-state index contributed by atoms with van der Waals surface area (Å²) in [5.41, 5.74) is 0. The molecule has 0 saturated carbocycles. The fraction of sp³-hybridized carbons (Fsp3) is 1.00. The van der Waals surface area contributed by atoms with Crippen LogP contribution in [0.2, 0.25) is 0 Å². The molecule has 1 rings (SSSR count). The molecule has 0 bridgehead atoms. The normalized spacial score (nSPS) is 19.5. The van der Waals surface area contributed by atoms with Gasteiger partial charge >= 0.3 is 0 Å². The van der Waals surface area contributed by atoms with Gasteiger partial charge in [-0.25, -0.2) is 0 Å². The molecule has 0 spiro atoms. The van der Waals surface area contributed by atoms with Crippen molar-refractivity contribution in [2.24, 2.45) is 11.8 Å². The second-order valence-electron chi connectivity index (χ2n) is 7.21. The number of hydrogen-bond donors (Lipinski definition) is 0. The van der Waals surface area contributed by atoms with Crippen LogP contribution in [0, 0.1) is 11.8 Å². The van der Waals surface area contributed by atoms with Crippen molar-refractivity contribution in [3.8, 4) is 0 Å². The minimum Gasteiger partial charge on any atom is -0.305 e. The summed E-state index contributed by atoms with van der Waals surface area (Å²) < 4.78 is 0. The Hall–Kier alpha value is 0.490. The number of rotatable bonds is 10. The van der Waals surface area contributed by atoms with Crippen molar-refractivity contribution in [2.75, 3.05) is 51.8 Å². The highest BCUT2D eigenvalue weighted by atomic mass is 32.8. The average molecular weight is 333 g/mol. The molecule has 1 aliphatic heterocycles. The lowest BCUT2D eigenvalue weighted by molar-refractivity contribution is 0.154. The molecule has 0 aromatic carbocycles. The monoisotopic (exact) mass is 332 g/mol. The first-order valence-corrected chi connectivity index (χ1v) is 11.4. The molecule has 0 aliphatic carbocycles. The Kier molecular flexibility index (Phi) is 10.3. The van der Waals surface area contributed by atoms with E-state index in [9.17, 15) is 0 Å². The number of nitrogens with zero attached hydrogens (tertiary/aromatic N) is 2. The van der Waals surface area contributed by atoms with E-state index in [2.05, 4.69) is 37.0 Å². The molecule has 4 heteroatoms. The first-order chi connectivity index (χ1) is 9.97. The summed E-state index contributed by atoms with van der Waals surface area (Å²) in [6, 6.07) is 0. The van der Waals surface area contributed by atoms with Crippen LogP contribution in [0.4, 0.5) is 0 Å². The largest absolute Gasteiger partial charge is 0.305 e. The maximum Gasteiger partial charge on any atom is 0.0104 e. The van der Waals surface area contributed by atoms with Crippen molar-refractivity contribution in [2.45, 2.75) is 46.0 Å². The minimum absolute atomic E-state index is 0.177. The zero-order valence-corrected chi connectivity index (χ0v) is 16.3. The molecule has 0 aromatic heterocycles. The molecule has 0 radical (unpaired) electrons. The highest BCUT2D eigenvalue weighted by Gasteiger charge is 2.19. The van der Waals surface area contributed by atoms with Gasteiger partial charge in [0.25, 0.3) is 0 Å². The van der Waals surface area contributed by atoms with Gasteiger partial charge in [0.1, 0.15) is 0 Å². The van der Waals surface area contributed by atoms with Gasteiger partial charge in [-0.05, 0) is 64.0 Å². The molecule has 1 heterocycles. The second-order valence-corrected chi connectivity index (χ2v) is 10.5. The molecule has 1 saturated heterocycles. The minimum atomic E-state index is 0.177. The summed E-state index contributed by atoms with van der Waals surface area (Å²) in [6.45, 7) is 11.1. The van der Waals surface area contributed by atoms with Crippen LogP contribution in [0.25, 0.3) is 0 Å². The highest BCUT2D eigenvalue weighted by molar-refractivity contribution is 8.28. The quantitative estimate of drug-likeness (QED) is 0.567. The molecule has 21 heavy (non-hydrogen) atoms. The van der Waals surface area contributed by atoms with Crippen LogP contribution in [-0.2, 0) is 20.6 Å². The third kappa shape index (κ3) is 9.98. The molecular weight excluding hydrogens is 296 g/mol. The van der Waals surface area contributed by atoms with E-state index >= 15 is 0 Å². The molecule has 0 N–H and O–H groups in total. The van der Waals surface area contributed by atoms with Gasteiger partial charge in [0, 0.05) is 18.8 Å². The van der Waals surface area contributed by atoms with Crippen LogP contribution in [0.5, 0.6) is 0 Å². The van der Waals surface area contributed by atoms with E-state index in [-0.39, 0.29) is 9.45 Å². The van der Waals surface area contributed by atoms with Crippen LogP contribution in [0.3, 0.4) is 0 Å². The lowest BCUT2D eigenvalue weighted by Crippen LogP contribution is -2.38. The topological polar surface area (TPSA) is 6.48 Å². The smallest absolute Gasteiger partial charge is 0.0104 e. The van der Waals surface area contributed by atoms with Crippen LogP contribution in [-0.4, -0.2) is 61.6 Å². The van der Waals surface area contributed by atoms with Crippen molar-refractivity contribution in [3.63, 3.8) is 0 Å². The fourth-order valence-corrected chi connectivity index (χ4v) is 3.89. The van der Waals surface area contributed by atoms with E-state index in [0.29, 0.717) is 0 Å². The Morgan fingerprint density at radius 3 is 2.48 bits per heavy atom. The fourth-order valence-electron chi connectivity index (χ4n) is 3.10. The summed E-state index contributed by atoms with van der Waals surface area (Å²) in [5.74, 6) is 2.95. The molecule has 1 atom stereocenters. The maximum atomic E-state index is 5.28. The van der Waals surface area contributed by atoms with Crippen LogP contribution < -0.4 is 0 Å². The van der Waals surface area contributed by atoms with Gasteiger partial charge in [-0.3, -0.25) is 0 Å². The third-order valence-corrected chi connectivity index (χ3v) is 5.80. The average Bonchev–Trinajstić information content (AvgIpc) is 2.43. The zero-order valence-electron chi connectivity index (χ0n) is 14.6. The van der Waals surface area contributed by atoms with E-state index in [1.165, 1.54) is 70.6 Å². The van der Waals surface area contributed by atoms with E-state index in [0.717, 1.165) is 11.8 Å².